The maximum Gasteiger partial charge on any atom is 0.264 e. The third kappa shape index (κ3) is 5.40. The summed E-state index contributed by atoms with van der Waals surface area (Å²) in [5.41, 5.74) is 3.69. The smallest absolute Gasteiger partial charge is 0.264 e. The third-order valence-electron chi connectivity index (χ3n) is 5.06. The largest absolute Gasteiger partial charge is 0.497 e. The number of nitrogens with zero attached hydrogens (tertiary/aromatic N) is 1. The lowest BCUT2D eigenvalue weighted by molar-refractivity contribution is -0.118. The number of hydrogen-bond donors (Lipinski definition) is 1. The van der Waals surface area contributed by atoms with Crippen molar-refractivity contribution in [3.63, 3.8) is 0 Å². The fourth-order valence-electron chi connectivity index (χ4n) is 3.39. The molecular weight excluding hydrogens is 424 g/mol. The summed E-state index contributed by atoms with van der Waals surface area (Å²) in [4.78, 5) is 18.2. The number of hydrogen-bond acceptors (Lipinski definition) is 6. The van der Waals surface area contributed by atoms with Crippen LogP contribution >= 0.6 is 11.3 Å². The molecule has 3 aromatic rings. The summed E-state index contributed by atoms with van der Waals surface area (Å²) in [6.45, 7) is 10.2. The lowest BCUT2D eigenvalue weighted by Crippen LogP contribution is -2.22. The highest BCUT2D eigenvalue weighted by Gasteiger charge is 2.21. The van der Waals surface area contributed by atoms with Gasteiger partial charge in [-0.1, -0.05) is 20.8 Å². The Morgan fingerprint density at radius 1 is 1.03 bits per heavy atom. The highest BCUT2D eigenvalue weighted by molar-refractivity contribution is 7.16. The highest BCUT2D eigenvalue weighted by atomic mass is 32.1. The molecular formula is C25H30N2O4S. The van der Waals surface area contributed by atoms with Crippen molar-refractivity contribution in [2.24, 2.45) is 0 Å². The second kappa shape index (κ2) is 9.61. The van der Waals surface area contributed by atoms with E-state index in [-0.39, 0.29) is 17.9 Å². The summed E-state index contributed by atoms with van der Waals surface area (Å²) in [6, 6.07) is 11.5. The minimum absolute atomic E-state index is 0.106. The van der Waals surface area contributed by atoms with Crippen molar-refractivity contribution in [3.8, 4) is 28.5 Å². The molecule has 170 valence electrons. The van der Waals surface area contributed by atoms with Crippen LogP contribution in [0.5, 0.6) is 17.2 Å². The summed E-state index contributed by atoms with van der Waals surface area (Å²) in [5, 5.41) is 3.40. The van der Waals surface area contributed by atoms with Gasteiger partial charge in [0.05, 0.1) is 19.9 Å². The van der Waals surface area contributed by atoms with E-state index in [2.05, 4.69) is 31.1 Å². The fourth-order valence-corrected chi connectivity index (χ4v) is 4.24. The van der Waals surface area contributed by atoms with Gasteiger partial charge in [0, 0.05) is 16.0 Å². The van der Waals surface area contributed by atoms with E-state index in [1.54, 1.807) is 14.2 Å². The van der Waals surface area contributed by atoms with Crippen LogP contribution in [-0.4, -0.2) is 31.7 Å². The maximum atomic E-state index is 12.6. The van der Waals surface area contributed by atoms with E-state index in [0.717, 1.165) is 38.8 Å². The van der Waals surface area contributed by atoms with Gasteiger partial charge in [-0.05, 0) is 61.2 Å². The Morgan fingerprint density at radius 2 is 1.75 bits per heavy atom. The van der Waals surface area contributed by atoms with Crippen LogP contribution in [0.2, 0.25) is 0 Å². The van der Waals surface area contributed by atoms with Gasteiger partial charge in [0.15, 0.2) is 11.7 Å². The summed E-state index contributed by atoms with van der Waals surface area (Å²) in [5.74, 6) is 2.00. The maximum absolute atomic E-state index is 12.6. The number of benzene rings is 2. The van der Waals surface area contributed by atoms with Crippen LogP contribution in [0.3, 0.4) is 0 Å². The van der Waals surface area contributed by atoms with E-state index in [1.165, 1.54) is 11.3 Å². The van der Waals surface area contributed by atoms with Crippen LogP contribution in [0, 0.1) is 13.8 Å². The quantitative estimate of drug-likeness (QED) is 0.492. The first kappa shape index (κ1) is 23.6. The van der Waals surface area contributed by atoms with Crippen LogP contribution in [0.15, 0.2) is 36.4 Å². The number of anilines is 1. The molecule has 0 spiro atoms. The summed E-state index contributed by atoms with van der Waals surface area (Å²) in [6.07, 6.45) is 0. The van der Waals surface area contributed by atoms with Crippen molar-refractivity contribution in [2.75, 3.05) is 26.1 Å². The van der Waals surface area contributed by atoms with E-state index >= 15 is 0 Å². The molecule has 0 radical (unpaired) electrons. The Bertz CT molecular complexity index is 1120. The highest BCUT2D eigenvalue weighted by Crippen LogP contribution is 2.35. The summed E-state index contributed by atoms with van der Waals surface area (Å²) in [7, 11) is 3.29. The number of rotatable bonds is 7. The Balaban J connectivity index is 1.70. The van der Waals surface area contributed by atoms with Gasteiger partial charge in [-0.25, -0.2) is 4.98 Å². The number of ether oxygens (including phenoxy) is 3. The first-order valence-electron chi connectivity index (χ1n) is 10.4. The normalized spacial score (nSPS) is 11.2. The number of methoxy groups -OCH3 is 2. The number of thiazole rings is 1. The van der Waals surface area contributed by atoms with E-state index in [0.29, 0.717) is 10.9 Å². The lowest BCUT2D eigenvalue weighted by Gasteiger charge is -2.23. The topological polar surface area (TPSA) is 69.7 Å². The molecule has 1 heterocycles. The number of amides is 1. The van der Waals surface area contributed by atoms with Crippen molar-refractivity contribution in [1.29, 1.82) is 0 Å². The number of nitrogens with one attached hydrogen (secondary N) is 1. The number of aromatic nitrogens is 1. The second-order valence-electron chi connectivity index (χ2n) is 8.56. The number of carbonyl (C=O) groups excluding carboxylic acids is 1. The molecule has 0 saturated heterocycles. The zero-order chi connectivity index (χ0) is 23.5. The molecule has 0 atom stereocenters. The molecule has 0 aliphatic carbocycles. The molecule has 32 heavy (non-hydrogen) atoms. The molecule has 7 heteroatoms. The Kier molecular flexibility index (Phi) is 7.09. The molecule has 1 aromatic heterocycles. The van der Waals surface area contributed by atoms with Gasteiger partial charge in [0.25, 0.3) is 5.91 Å². The standard InChI is InChI=1S/C25H30N2O4S/c1-15-12-17(8-10-20(15)30-7)23-16(2)32-24(27-23)26-22(28)14-31-21-11-9-18(29-6)13-19(21)25(3,4)5/h8-13H,14H2,1-7H3,(H,26,27,28). The Morgan fingerprint density at radius 3 is 2.38 bits per heavy atom. The van der Waals surface area contributed by atoms with Crippen LogP contribution < -0.4 is 19.5 Å². The number of aryl methyl sites for hydroxylation is 2. The molecule has 0 fully saturated rings. The van der Waals surface area contributed by atoms with Gasteiger partial charge >= 0.3 is 0 Å². The van der Waals surface area contributed by atoms with Crippen molar-refractivity contribution in [3.05, 3.63) is 52.4 Å². The monoisotopic (exact) mass is 454 g/mol. The first-order chi connectivity index (χ1) is 15.1. The first-order valence-corrected chi connectivity index (χ1v) is 11.2. The molecule has 6 nitrogen and oxygen atoms in total. The molecule has 0 bridgehead atoms. The molecule has 1 N–H and O–H groups in total. The SMILES string of the molecule is COc1ccc(OCC(=O)Nc2nc(-c3ccc(OC)c(C)c3)c(C)s2)c(C(C)(C)C)c1. The van der Waals surface area contributed by atoms with Crippen LogP contribution in [-0.2, 0) is 10.2 Å². The molecule has 3 rings (SSSR count). The average molecular weight is 455 g/mol. The van der Waals surface area contributed by atoms with Crippen molar-refractivity contribution in [2.45, 2.75) is 40.0 Å². The molecule has 0 saturated carbocycles. The predicted molar refractivity (Wildman–Crippen MR) is 129 cm³/mol. The Labute approximate surface area is 193 Å². The molecule has 0 unspecified atom stereocenters. The molecule has 0 aliphatic heterocycles. The van der Waals surface area contributed by atoms with Crippen molar-refractivity contribution in [1.82, 2.24) is 4.98 Å². The van der Waals surface area contributed by atoms with Gasteiger partial charge in [0.2, 0.25) is 0 Å². The van der Waals surface area contributed by atoms with E-state index in [4.69, 9.17) is 14.2 Å². The minimum Gasteiger partial charge on any atom is -0.497 e. The van der Waals surface area contributed by atoms with E-state index < -0.39 is 0 Å². The van der Waals surface area contributed by atoms with Crippen LogP contribution in [0.25, 0.3) is 11.3 Å². The third-order valence-corrected chi connectivity index (χ3v) is 5.95. The predicted octanol–water partition coefficient (Wildman–Crippen LogP) is 5.76. The summed E-state index contributed by atoms with van der Waals surface area (Å²) < 4.78 is 16.5. The Hall–Kier alpha value is -3.06. The molecule has 1 amide bonds. The fraction of sp³-hybridized carbons (Fsp3) is 0.360. The van der Waals surface area contributed by atoms with Crippen molar-refractivity contribution >= 4 is 22.4 Å². The lowest BCUT2D eigenvalue weighted by atomic mass is 9.86. The second-order valence-corrected chi connectivity index (χ2v) is 9.76. The van der Waals surface area contributed by atoms with Gasteiger partial charge in [-0.15, -0.1) is 11.3 Å². The van der Waals surface area contributed by atoms with E-state index in [9.17, 15) is 4.79 Å². The average Bonchev–Trinajstić information content (AvgIpc) is 3.11. The summed E-state index contributed by atoms with van der Waals surface area (Å²) >= 11 is 1.44. The van der Waals surface area contributed by atoms with Gasteiger partial charge < -0.3 is 14.2 Å². The molecule has 0 aliphatic rings. The van der Waals surface area contributed by atoms with Crippen LogP contribution in [0.4, 0.5) is 5.13 Å². The van der Waals surface area contributed by atoms with Gasteiger partial charge in [-0.3, -0.25) is 10.1 Å². The van der Waals surface area contributed by atoms with E-state index in [1.807, 2.05) is 50.2 Å². The number of carbonyl (C=O) groups is 1. The minimum atomic E-state index is -0.258. The zero-order valence-electron chi connectivity index (χ0n) is 19.7. The van der Waals surface area contributed by atoms with Gasteiger partial charge in [-0.2, -0.15) is 0 Å². The zero-order valence-corrected chi connectivity index (χ0v) is 20.5. The van der Waals surface area contributed by atoms with Crippen molar-refractivity contribution < 1.29 is 19.0 Å². The molecule has 2 aromatic carbocycles. The van der Waals surface area contributed by atoms with Gasteiger partial charge in [0.1, 0.15) is 17.2 Å². The van der Waals surface area contributed by atoms with Crippen LogP contribution in [0.1, 0.15) is 36.8 Å².